The molecule has 6 heteroatoms. The van der Waals surface area contributed by atoms with E-state index < -0.39 is 0 Å². The summed E-state index contributed by atoms with van der Waals surface area (Å²) in [6.07, 6.45) is 0. The number of nitrogens with zero attached hydrogens (tertiary/aromatic N) is 2. The maximum Gasteiger partial charge on any atom is 0.191 e. The number of nitrogens with two attached hydrogens (primary N) is 1. The number of halogens is 2. The number of rotatable bonds is 3. The highest BCUT2D eigenvalue weighted by Gasteiger charge is 2.04. The second-order valence-electron chi connectivity index (χ2n) is 3.53. The first-order chi connectivity index (χ1) is 7.54. The van der Waals surface area contributed by atoms with E-state index in [0.717, 1.165) is 0 Å². The van der Waals surface area contributed by atoms with Crippen LogP contribution in [-0.4, -0.2) is 32.1 Å². The van der Waals surface area contributed by atoms with Crippen LogP contribution >= 0.6 is 24.0 Å². The highest BCUT2D eigenvalue weighted by molar-refractivity contribution is 14.0. The molecule has 0 aromatic heterocycles. The van der Waals surface area contributed by atoms with E-state index in [1.165, 1.54) is 19.2 Å². The number of aliphatic imine (C=N–C) groups is 1. The van der Waals surface area contributed by atoms with Crippen LogP contribution in [0.25, 0.3) is 0 Å². The van der Waals surface area contributed by atoms with Gasteiger partial charge in [0.15, 0.2) is 5.96 Å². The van der Waals surface area contributed by atoms with Crippen molar-refractivity contribution in [3.8, 4) is 5.75 Å². The summed E-state index contributed by atoms with van der Waals surface area (Å²) >= 11 is 0. The predicted octanol–water partition coefficient (Wildman–Crippen LogP) is 1.83. The average molecular weight is 353 g/mol. The second-order valence-corrected chi connectivity index (χ2v) is 3.53. The Hall–Kier alpha value is -1.05. The summed E-state index contributed by atoms with van der Waals surface area (Å²) in [6.45, 7) is 0.297. The van der Waals surface area contributed by atoms with Crippen molar-refractivity contribution in [2.45, 2.75) is 6.54 Å². The predicted molar refractivity (Wildman–Crippen MR) is 77.4 cm³/mol. The lowest BCUT2D eigenvalue weighted by Crippen LogP contribution is -2.30. The average Bonchev–Trinajstić information content (AvgIpc) is 2.25. The molecule has 0 bridgehead atoms. The fraction of sp³-hybridized carbons (Fsp3) is 0.364. The highest BCUT2D eigenvalue weighted by Crippen LogP contribution is 2.19. The largest absolute Gasteiger partial charge is 0.496 e. The lowest BCUT2D eigenvalue weighted by Gasteiger charge is -2.11. The number of hydrogen-bond donors (Lipinski definition) is 1. The van der Waals surface area contributed by atoms with Gasteiger partial charge in [-0.05, 0) is 18.2 Å². The summed E-state index contributed by atoms with van der Waals surface area (Å²) < 4.78 is 18.1. The summed E-state index contributed by atoms with van der Waals surface area (Å²) in [4.78, 5) is 5.80. The van der Waals surface area contributed by atoms with Gasteiger partial charge >= 0.3 is 0 Å². The Kier molecular flexibility index (Phi) is 6.86. The first kappa shape index (κ1) is 16.0. The van der Waals surface area contributed by atoms with Gasteiger partial charge in [-0.1, -0.05) is 0 Å². The van der Waals surface area contributed by atoms with Gasteiger partial charge in [0.25, 0.3) is 0 Å². The van der Waals surface area contributed by atoms with E-state index in [1.807, 2.05) is 0 Å². The minimum atomic E-state index is -0.311. The molecule has 0 spiro atoms. The quantitative estimate of drug-likeness (QED) is 0.513. The first-order valence-electron chi connectivity index (χ1n) is 4.84. The van der Waals surface area contributed by atoms with E-state index in [9.17, 15) is 4.39 Å². The Labute approximate surface area is 118 Å². The zero-order chi connectivity index (χ0) is 12.1. The number of benzene rings is 1. The Morgan fingerprint density at radius 3 is 2.65 bits per heavy atom. The molecule has 96 valence electrons. The van der Waals surface area contributed by atoms with Crippen LogP contribution in [0.3, 0.4) is 0 Å². The monoisotopic (exact) mass is 353 g/mol. The third-order valence-electron chi connectivity index (χ3n) is 2.11. The third-order valence-corrected chi connectivity index (χ3v) is 2.11. The standard InChI is InChI=1S/C11H16FN3O.HI/c1-15(2)11(13)14-7-8-6-9(12)4-5-10(8)16-3;/h4-6H,7H2,1-3H3,(H2,13,14);1H. The van der Waals surface area contributed by atoms with Crippen molar-refractivity contribution >= 4 is 29.9 Å². The van der Waals surface area contributed by atoms with Crippen molar-refractivity contribution < 1.29 is 9.13 Å². The van der Waals surface area contributed by atoms with Crippen LogP contribution in [0.4, 0.5) is 4.39 Å². The molecule has 0 saturated heterocycles. The minimum Gasteiger partial charge on any atom is -0.496 e. The first-order valence-corrected chi connectivity index (χ1v) is 4.84. The molecule has 0 radical (unpaired) electrons. The number of guanidine groups is 1. The van der Waals surface area contributed by atoms with Gasteiger partial charge in [-0.15, -0.1) is 24.0 Å². The number of hydrogen-bond acceptors (Lipinski definition) is 2. The molecule has 0 heterocycles. The van der Waals surface area contributed by atoms with Gasteiger partial charge in [-0.25, -0.2) is 9.38 Å². The van der Waals surface area contributed by atoms with Crippen LogP contribution < -0.4 is 10.5 Å². The molecule has 17 heavy (non-hydrogen) atoms. The molecule has 0 aliphatic rings. The van der Waals surface area contributed by atoms with Crippen LogP contribution in [0.2, 0.25) is 0 Å². The SMILES string of the molecule is COc1ccc(F)cc1CN=C(N)N(C)C.I. The number of ether oxygens (including phenoxy) is 1. The van der Waals surface area contributed by atoms with E-state index in [-0.39, 0.29) is 29.8 Å². The van der Waals surface area contributed by atoms with Crippen LogP contribution in [0.5, 0.6) is 5.75 Å². The lowest BCUT2D eigenvalue weighted by molar-refractivity contribution is 0.408. The second kappa shape index (κ2) is 7.31. The van der Waals surface area contributed by atoms with Gasteiger partial charge in [0.05, 0.1) is 13.7 Å². The Morgan fingerprint density at radius 2 is 2.12 bits per heavy atom. The zero-order valence-corrected chi connectivity index (χ0v) is 12.4. The maximum atomic E-state index is 13.0. The van der Waals surface area contributed by atoms with Gasteiger partial charge in [-0.2, -0.15) is 0 Å². The highest BCUT2D eigenvalue weighted by atomic mass is 127. The molecule has 0 atom stereocenters. The summed E-state index contributed by atoms with van der Waals surface area (Å²) in [5.74, 6) is 0.692. The van der Waals surface area contributed by atoms with Gasteiger partial charge in [0, 0.05) is 19.7 Å². The van der Waals surface area contributed by atoms with Crippen molar-refractivity contribution in [3.05, 3.63) is 29.6 Å². The molecule has 0 unspecified atom stereocenters. The van der Waals surface area contributed by atoms with E-state index in [0.29, 0.717) is 23.8 Å². The molecule has 4 nitrogen and oxygen atoms in total. The molecule has 2 N–H and O–H groups in total. The van der Waals surface area contributed by atoms with Crippen LogP contribution in [0.15, 0.2) is 23.2 Å². The topological polar surface area (TPSA) is 50.9 Å². The summed E-state index contributed by atoms with van der Waals surface area (Å²) in [7, 11) is 5.12. The fourth-order valence-corrected chi connectivity index (χ4v) is 1.18. The maximum absolute atomic E-state index is 13.0. The number of methoxy groups -OCH3 is 1. The Morgan fingerprint density at radius 1 is 1.47 bits per heavy atom. The van der Waals surface area contributed by atoms with Crippen LogP contribution in [0.1, 0.15) is 5.56 Å². The minimum absolute atomic E-state index is 0. The van der Waals surface area contributed by atoms with E-state index >= 15 is 0 Å². The smallest absolute Gasteiger partial charge is 0.191 e. The normalized spacial score (nSPS) is 10.7. The van der Waals surface area contributed by atoms with Gasteiger partial charge in [-0.3, -0.25) is 0 Å². The molecule has 0 saturated carbocycles. The summed E-state index contributed by atoms with van der Waals surface area (Å²) in [6, 6.07) is 4.32. The Balaban J connectivity index is 0.00000256. The molecule has 1 aromatic rings. The van der Waals surface area contributed by atoms with Gasteiger partial charge in [0.1, 0.15) is 11.6 Å². The molecular formula is C11H17FIN3O. The van der Waals surface area contributed by atoms with Crippen LogP contribution in [0, 0.1) is 5.82 Å². The fourth-order valence-electron chi connectivity index (χ4n) is 1.18. The van der Waals surface area contributed by atoms with Crippen molar-refractivity contribution in [1.29, 1.82) is 0 Å². The molecule has 0 fully saturated rings. The van der Waals surface area contributed by atoms with Crippen LogP contribution in [-0.2, 0) is 6.54 Å². The van der Waals surface area contributed by atoms with E-state index in [1.54, 1.807) is 25.1 Å². The van der Waals surface area contributed by atoms with Gasteiger partial charge < -0.3 is 15.4 Å². The van der Waals surface area contributed by atoms with Crippen molar-refractivity contribution in [3.63, 3.8) is 0 Å². The van der Waals surface area contributed by atoms with Crippen molar-refractivity contribution in [2.75, 3.05) is 21.2 Å². The Bertz CT molecular complexity index is 396. The summed E-state index contributed by atoms with van der Waals surface area (Å²) in [5.41, 5.74) is 6.31. The molecule has 1 aromatic carbocycles. The molecule has 0 aliphatic carbocycles. The summed E-state index contributed by atoms with van der Waals surface area (Å²) in [5, 5.41) is 0. The third kappa shape index (κ3) is 4.76. The molecule has 0 aliphatic heterocycles. The zero-order valence-electron chi connectivity index (χ0n) is 10.1. The molecular weight excluding hydrogens is 336 g/mol. The lowest BCUT2D eigenvalue weighted by atomic mass is 10.2. The van der Waals surface area contributed by atoms with E-state index in [2.05, 4.69) is 4.99 Å². The van der Waals surface area contributed by atoms with Gasteiger partial charge in [0.2, 0.25) is 0 Å². The molecule has 1 rings (SSSR count). The van der Waals surface area contributed by atoms with Crippen molar-refractivity contribution in [1.82, 2.24) is 4.90 Å². The molecule has 0 amide bonds. The van der Waals surface area contributed by atoms with Crippen molar-refractivity contribution in [2.24, 2.45) is 10.7 Å². The van der Waals surface area contributed by atoms with E-state index in [4.69, 9.17) is 10.5 Å².